The third-order valence-electron chi connectivity index (χ3n) is 3.00. The van der Waals surface area contributed by atoms with Crippen molar-refractivity contribution in [2.75, 3.05) is 39.5 Å². The number of nitrogens with zero attached hydrogens (tertiary/aromatic N) is 1. The number of nitrogens with one attached hydrogen (secondary N) is 1. The number of morpholine rings is 1. The second kappa shape index (κ2) is 6.75. The first-order valence-electron chi connectivity index (χ1n) is 6.23. The number of ether oxygens (including phenoxy) is 2. The molecule has 1 fully saturated rings. The number of amidine groups is 1. The number of nitrogens with two attached hydrogens (primary N) is 1. The van der Waals surface area contributed by atoms with Crippen molar-refractivity contribution >= 4 is 17.4 Å². The Hall–Kier alpha value is -1.30. The van der Waals surface area contributed by atoms with Gasteiger partial charge in [-0.15, -0.1) is 0 Å². The molecule has 0 aliphatic carbocycles. The summed E-state index contributed by atoms with van der Waals surface area (Å²) in [4.78, 5) is 2.28. The topological polar surface area (TPSA) is 71.6 Å². The molecule has 104 valence electrons. The maximum absolute atomic E-state index is 7.51. The van der Waals surface area contributed by atoms with Gasteiger partial charge in [-0.1, -0.05) is 11.6 Å². The molecule has 1 aliphatic rings. The lowest BCUT2D eigenvalue weighted by Gasteiger charge is -2.26. The molecule has 1 saturated heterocycles. The Morgan fingerprint density at radius 1 is 1.42 bits per heavy atom. The van der Waals surface area contributed by atoms with E-state index in [0.29, 0.717) is 22.9 Å². The van der Waals surface area contributed by atoms with Crippen molar-refractivity contribution in [3.8, 4) is 5.75 Å². The van der Waals surface area contributed by atoms with Crippen LogP contribution in [-0.2, 0) is 4.74 Å². The van der Waals surface area contributed by atoms with Gasteiger partial charge in [0.2, 0.25) is 0 Å². The van der Waals surface area contributed by atoms with Crippen LogP contribution in [0.25, 0.3) is 0 Å². The van der Waals surface area contributed by atoms with Gasteiger partial charge in [-0.05, 0) is 18.2 Å². The summed E-state index contributed by atoms with van der Waals surface area (Å²) in [6.07, 6.45) is 0. The average molecular weight is 284 g/mol. The lowest BCUT2D eigenvalue weighted by atomic mass is 10.2. The zero-order valence-corrected chi connectivity index (χ0v) is 11.4. The van der Waals surface area contributed by atoms with Crippen molar-refractivity contribution in [3.05, 3.63) is 28.8 Å². The van der Waals surface area contributed by atoms with Crippen molar-refractivity contribution in [1.82, 2.24) is 4.90 Å². The van der Waals surface area contributed by atoms with Crippen molar-refractivity contribution in [3.63, 3.8) is 0 Å². The summed E-state index contributed by atoms with van der Waals surface area (Å²) in [5, 5.41) is 8.08. The van der Waals surface area contributed by atoms with E-state index in [0.717, 1.165) is 32.8 Å². The highest BCUT2D eigenvalue weighted by Crippen LogP contribution is 2.23. The highest BCUT2D eigenvalue weighted by atomic mass is 35.5. The fraction of sp³-hybridized carbons (Fsp3) is 0.462. The Morgan fingerprint density at radius 3 is 2.84 bits per heavy atom. The maximum Gasteiger partial charge on any atom is 0.131 e. The minimum Gasteiger partial charge on any atom is -0.491 e. The molecule has 0 radical (unpaired) electrons. The van der Waals surface area contributed by atoms with E-state index in [9.17, 15) is 0 Å². The van der Waals surface area contributed by atoms with E-state index in [1.165, 1.54) is 0 Å². The third kappa shape index (κ3) is 4.09. The molecule has 0 bridgehead atoms. The molecule has 1 aromatic rings. The fourth-order valence-electron chi connectivity index (χ4n) is 1.95. The number of benzene rings is 1. The largest absolute Gasteiger partial charge is 0.491 e. The van der Waals surface area contributed by atoms with Gasteiger partial charge in [0.25, 0.3) is 0 Å². The van der Waals surface area contributed by atoms with Gasteiger partial charge in [-0.3, -0.25) is 10.3 Å². The molecule has 3 N–H and O–H groups in total. The van der Waals surface area contributed by atoms with Crippen LogP contribution in [0.2, 0.25) is 5.02 Å². The predicted molar refractivity (Wildman–Crippen MR) is 75.2 cm³/mol. The van der Waals surface area contributed by atoms with Crippen molar-refractivity contribution in [1.29, 1.82) is 5.41 Å². The molecule has 1 aromatic carbocycles. The molecule has 1 heterocycles. The molecule has 19 heavy (non-hydrogen) atoms. The van der Waals surface area contributed by atoms with E-state index in [4.69, 9.17) is 32.2 Å². The van der Waals surface area contributed by atoms with Gasteiger partial charge >= 0.3 is 0 Å². The molecular formula is C13H18ClN3O2. The van der Waals surface area contributed by atoms with Gasteiger partial charge < -0.3 is 15.2 Å². The number of halogens is 1. The SMILES string of the molecule is N=C(N)c1ccc(Cl)cc1OCCN1CCOCC1. The molecule has 0 spiro atoms. The summed E-state index contributed by atoms with van der Waals surface area (Å²) in [5.41, 5.74) is 6.09. The van der Waals surface area contributed by atoms with E-state index in [2.05, 4.69) is 4.90 Å². The van der Waals surface area contributed by atoms with Crippen LogP contribution in [0.4, 0.5) is 0 Å². The van der Waals surface area contributed by atoms with Gasteiger partial charge in [0, 0.05) is 24.7 Å². The van der Waals surface area contributed by atoms with Crippen LogP contribution in [-0.4, -0.2) is 50.2 Å². The Kier molecular flexibility index (Phi) is 5.01. The number of hydrogen-bond acceptors (Lipinski definition) is 4. The van der Waals surface area contributed by atoms with E-state index in [1.54, 1.807) is 18.2 Å². The first-order chi connectivity index (χ1) is 9.16. The number of rotatable bonds is 5. The van der Waals surface area contributed by atoms with Crippen LogP contribution < -0.4 is 10.5 Å². The molecule has 0 saturated carbocycles. The van der Waals surface area contributed by atoms with Crippen molar-refractivity contribution in [2.45, 2.75) is 0 Å². The summed E-state index contributed by atoms with van der Waals surface area (Å²) in [6, 6.07) is 5.10. The van der Waals surface area contributed by atoms with Crippen molar-refractivity contribution < 1.29 is 9.47 Å². The summed E-state index contributed by atoms with van der Waals surface area (Å²) in [7, 11) is 0. The molecule has 0 unspecified atom stereocenters. The minimum atomic E-state index is -0.0157. The highest BCUT2D eigenvalue weighted by molar-refractivity contribution is 6.30. The van der Waals surface area contributed by atoms with Gasteiger partial charge in [-0.25, -0.2) is 0 Å². The Labute approximate surface area is 117 Å². The van der Waals surface area contributed by atoms with Crippen molar-refractivity contribution in [2.24, 2.45) is 5.73 Å². The third-order valence-corrected chi connectivity index (χ3v) is 3.24. The molecule has 2 rings (SSSR count). The van der Waals surface area contributed by atoms with Crippen LogP contribution in [0.1, 0.15) is 5.56 Å². The van der Waals surface area contributed by atoms with E-state index < -0.39 is 0 Å². The monoisotopic (exact) mass is 283 g/mol. The smallest absolute Gasteiger partial charge is 0.131 e. The average Bonchev–Trinajstić information content (AvgIpc) is 2.39. The molecule has 6 heteroatoms. The molecule has 0 aromatic heterocycles. The van der Waals surface area contributed by atoms with Gasteiger partial charge in [-0.2, -0.15) is 0 Å². The molecular weight excluding hydrogens is 266 g/mol. The summed E-state index contributed by atoms with van der Waals surface area (Å²) >= 11 is 5.93. The van der Waals surface area contributed by atoms with E-state index in [-0.39, 0.29) is 5.84 Å². The van der Waals surface area contributed by atoms with Crippen LogP contribution in [0, 0.1) is 5.41 Å². The quantitative estimate of drug-likeness (QED) is 0.632. The highest BCUT2D eigenvalue weighted by Gasteiger charge is 2.11. The van der Waals surface area contributed by atoms with E-state index in [1.807, 2.05) is 0 Å². The van der Waals surface area contributed by atoms with Crippen LogP contribution >= 0.6 is 11.6 Å². The standard InChI is InChI=1S/C13H18ClN3O2/c14-10-1-2-11(13(15)16)12(9-10)19-8-5-17-3-6-18-7-4-17/h1-2,9H,3-8H2,(H3,15,16). The number of nitrogen functional groups attached to an aromatic ring is 1. The molecule has 5 nitrogen and oxygen atoms in total. The second-order valence-electron chi connectivity index (χ2n) is 4.36. The summed E-state index contributed by atoms with van der Waals surface area (Å²) in [5.74, 6) is 0.547. The first kappa shape index (κ1) is 14.1. The molecule has 1 aliphatic heterocycles. The first-order valence-corrected chi connectivity index (χ1v) is 6.61. The van der Waals surface area contributed by atoms with E-state index >= 15 is 0 Å². The minimum absolute atomic E-state index is 0.0157. The zero-order chi connectivity index (χ0) is 13.7. The lowest BCUT2D eigenvalue weighted by molar-refractivity contribution is 0.0322. The maximum atomic E-state index is 7.51. The fourth-order valence-corrected chi connectivity index (χ4v) is 2.11. The Morgan fingerprint density at radius 2 is 2.16 bits per heavy atom. The Balaban J connectivity index is 1.91. The zero-order valence-electron chi connectivity index (χ0n) is 10.7. The van der Waals surface area contributed by atoms with Gasteiger partial charge in [0.1, 0.15) is 18.2 Å². The normalized spacial score (nSPS) is 16.3. The summed E-state index contributed by atoms with van der Waals surface area (Å²) in [6.45, 7) is 4.77. The number of hydrogen-bond donors (Lipinski definition) is 2. The van der Waals surface area contributed by atoms with Gasteiger partial charge in [0.05, 0.1) is 18.8 Å². The predicted octanol–water partition coefficient (Wildman–Crippen LogP) is 1.34. The van der Waals surface area contributed by atoms with Crippen LogP contribution in [0.15, 0.2) is 18.2 Å². The molecule has 0 amide bonds. The van der Waals surface area contributed by atoms with Crippen LogP contribution in [0.5, 0.6) is 5.75 Å². The van der Waals surface area contributed by atoms with Gasteiger partial charge in [0.15, 0.2) is 0 Å². The van der Waals surface area contributed by atoms with Crippen LogP contribution in [0.3, 0.4) is 0 Å². The lowest BCUT2D eigenvalue weighted by Crippen LogP contribution is -2.38. The molecule has 0 atom stereocenters. The Bertz CT molecular complexity index is 448. The second-order valence-corrected chi connectivity index (χ2v) is 4.79. The summed E-state index contributed by atoms with van der Waals surface area (Å²) < 4.78 is 11.0.